The number of fused-ring (bicyclic) bond motifs is 1. The van der Waals surface area contributed by atoms with E-state index in [9.17, 15) is 4.79 Å². The van der Waals surface area contributed by atoms with Crippen molar-refractivity contribution in [2.75, 3.05) is 18.1 Å². The number of hydrogen-bond acceptors (Lipinski definition) is 2. The van der Waals surface area contributed by atoms with Gasteiger partial charge in [-0.1, -0.05) is 29.8 Å². The van der Waals surface area contributed by atoms with Crippen LogP contribution >= 0.6 is 11.6 Å². The van der Waals surface area contributed by atoms with Crippen molar-refractivity contribution >= 4 is 23.2 Å². The Kier molecular flexibility index (Phi) is 3.61. The second-order valence-corrected chi connectivity index (χ2v) is 5.11. The molecule has 0 saturated carbocycles. The van der Waals surface area contributed by atoms with Gasteiger partial charge in [-0.2, -0.15) is 0 Å². The van der Waals surface area contributed by atoms with E-state index in [0.29, 0.717) is 17.3 Å². The van der Waals surface area contributed by atoms with Crippen LogP contribution in [0.5, 0.6) is 5.75 Å². The Hall–Kier alpha value is -2.00. The average molecular weight is 288 g/mol. The Morgan fingerprint density at radius 2 is 2.00 bits per heavy atom. The first-order valence-corrected chi connectivity index (χ1v) is 6.88. The summed E-state index contributed by atoms with van der Waals surface area (Å²) in [5, 5.41) is 0.707. The number of nitrogens with zero attached hydrogens (tertiary/aromatic N) is 1. The molecule has 0 aromatic heterocycles. The van der Waals surface area contributed by atoms with Crippen LogP contribution in [0.15, 0.2) is 48.5 Å². The standard InChI is InChI=1S/C16H14ClNO2/c17-13-6-7-15-12(10-13)8-9-18(15)16(19)11-20-14-4-2-1-3-5-14/h1-7,10H,8-9,11H2. The number of amides is 1. The zero-order valence-corrected chi connectivity index (χ0v) is 11.6. The molecule has 0 aliphatic carbocycles. The number of anilines is 1. The third-order valence-corrected chi connectivity index (χ3v) is 3.58. The molecule has 0 N–H and O–H groups in total. The van der Waals surface area contributed by atoms with Gasteiger partial charge in [0.15, 0.2) is 6.61 Å². The van der Waals surface area contributed by atoms with Gasteiger partial charge in [0.25, 0.3) is 5.91 Å². The Balaban J connectivity index is 1.68. The maximum Gasteiger partial charge on any atom is 0.264 e. The zero-order chi connectivity index (χ0) is 13.9. The van der Waals surface area contributed by atoms with Gasteiger partial charge in [-0.3, -0.25) is 4.79 Å². The van der Waals surface area contributed by atoms with E-state index in [2.05, 4.69) is 0 Å². The van der Waals surface area contributed by atoms with E-state index < -0.39 is 0 Å². The third kappa shape index (κ3) is 2.63. The van der Waals surface area contributed by atoms with Gasteiger partial charge >= 0.3 is 0 Å². The van der Waals surface area contributed by atoms with Gasteiger partial charge in [0.1, 0.15) is 5.75 Å². The Bertz CT molecular complexity index is 628. The molecule has 1 aliphatic rings. The molecule has 0 unspecified atom stereocenters. The van der Waals surface area contributed by atoms with Crippen LogP contribution < -0.4 is 9.64 Å². The van der Waals surface area contributed by atoms with Crippen molar-refractivity contribution in [1.82, 2.24) is 0 Å². The first kappa shape index (κ1) is 13.0. The molecule has 2 aromatic carbocycles. The lowest BCUT2D eigenvalue weighted by atomic mass is 10.2. The Morgan fingerprint density at radius 1 is 1.20 bits per heavy atom. The molecule has 0 radical (unpaired) electrons. The van der Waals surface area contributed by atoms with Gasteiger partial charge in [-0.05, 0) is 42.3 Å². The lowest BCUT2D eigenvalue weighted by Crippen LogP contribution is -2.33. The summed E-state index contributed by atoms with van der Waals surface area (Å²) < 4.78 is 5.50. The first-order chi connectivity index (χ1) is 9.74. The normalized spacial score (nSPS) is 13.2. The number of para-hydroxylation sites is 1. The highest BCUT2D eigenvalue weighted by Crippen LogP contribution is 2.30. The summed E-state index contributed by atoms with van der Waals surface area (Å²) in [7, 11) is 0. The summed E-state index contributed by atoms with van der Waals surface area (Å²) >= 11 is 5.96. The fourth-order valence-electron chi connectivity index (χ4n) is 2.37. The van der Waals surface area contributed by atoms with Crippen LogP contribution in [-0.2, 0) is 11.2 Å². The SMILES string of the molecule is O=C(COc1ccccc1)N1CCc2cc(Cl)ccc21. The summed E-state index contributed by atoms with van der Waals surface area (Å²) in [6.45, 7) is 0.735. The largest absolute Gasteiger partial charge is 0.484 e. The molecule has 2 aromatic rings. The minimum absolute atomic E-state index is 0.0325. The molecule has 0 fully saturated rings. The molecule has 0 atom stereocenters. The number of halogens is 1. The van der Waals surface area contributed by atoms with E-state index in [1.807, 2.05) is 48.5 Å². The quantitative estimate of drug-likeness (QED) is 0.867. The molecule has 1 amide bonds. The predicted molar refractivity (Wildman–Crippen MR) is 79.4 cm³/mol. The summed E-state index contributed by atoms with van der Waals surface area (Å²) in [4.78, 5) is 14.0. The molecule has 3 nitrogen and oxygen atoms in total. The van der Waals surface area contributed by atoms with Gasteiger partial charge < -0.3 is 9.64 Å². The number of ether oxygens (including phenoxy) is 1. The highest BCUT2D eigenvalue weighted by Gasteiger charge is 2.24. The monoisotopic (exact) mass is 287 g/mol. The number of rotatable bonds is 3. The summed E-state index contributed by atoms with van der Waals surface area (Å²) in [5.74, 6) is 0.673. The number of benzene rings is 2. The van der Waals surface area contributed by atoms with Crippen molar-refractivity contribution in [3.05, 3.63) is 59.1 Å². The molecule has 4 heteroatoms. The molecule has 1 heterocycles. The van der Waals surface area contributed by atoms with Gasteiger partial charge in [0.2, 0.25) is 0 Å². The lowest BCUT2D eigenvalue weighted by molar-refractivity contribution is -0.120. The molecule has 20 heavy (non-hydrogen) atoms. The molecule has 0 bridgehead atoms. The first-order valence-electron chi connectivity index (χ1n) is 6.51. The molecule has 3 rings (SSSR count). The number of carbonyl (C=O) groups excluding carboxylic acids is 1. The van der Waals surface area contributed by atoms with Crippen LogP contribution in [-0.4, -0.2) is 19.1 Å². The Morgan fingerprint density at radius 3 is 2.80 bits per heavy atom. The lowest BCUT2D eigenvalue weighted by Gasteiger charge is -2.17. The van der Waals surface area contributed by atoms with Crippen molar-refractivity contribution in [1.29, 1.82) is 0 Å². The van der Waals surface area contributed by atoms with Gasteiger partial charge in [0.05, 0.1) is 0 Å². The molecule has 0 spiro atoms. The van der Waals surface area contributed by atoms with Crippen LogP contribution in [0.4, 0.5) is 5.69 Å². The molecule has 0 saturated heterocycles. The fraction of sp³-hybridized carbons (Fsp3) is 0.188. The number of hydrogen-bond donors (Lipinski definition) is 0. The van der Waals surface area contributed by atoms with E-state index in [1.54, 1.807) is 4.90 Å². The van der Waals surface area contributed by atoms with Crippen LogP contribution in [0.2, 0.25) is 5.02 Å². The maximum absolute atomic E-state index is 12.2. The van der Waals surface area contributed by atoms with E-state index in [0.717, 1.165) is 17.7 Å². The van der Waals surface area contributed by atoms with Crippen molar-refractivity contribution in [3.63, 3.8) is 0 Å². The smallest absolute Gasteiger partial charge is 0.264 e. The van der Waals surface area contributed by atoms with Crippen LogP contribution in [0.1, 0.15) is 5.56 Å². The third-order valence-electron chi connectivity index (χ3n) is 3.34. The van der Waals surface area contributed by atoms with Crippen LogP contribution in [0, 0.1) is 0 Å². The molecular formula is C16H14ClNO2. The van der Waals surface area contributed by atoms with Gasteiger partial charge in [0, 0.05) is 17.3 Å². The minimum atomic E-state index is -0.0325. The summed E-state index contributed by atoms with van der Waals surface area (Å²) in [6, 6.07) is 15.0. The summed E-state index contributed by atoms with van der Waals surface area (Å²) in [5.41, 5.74) is 2.06. The van der Waals surface area contributed by atoms with Crippen molar-refractivity contribution < 1.29 is 9.53 Å². The highest BCUT2D eigenvalue weighted by molar-refractivity contribution is 6.30. The summed E-state index contributed by atoms with van der Waals surface area (Å²) in [6.07, 6.45) is 0.840. The Labute approximate surface area is 122 Å². The molecule has 1 aliphatic heterocycles. The molecular weight excluding hydrogens is 274 g/mol. The van der Waals surface area contributed by atoms with Crippen molar-refractivity contribution in [3.8, 4) is 5.75 Å². The topological polar surface area (TPSA) is 29.5 Å². The van der Waals surface area contributed by atoms with Gasteiger partial charge in [-0.15, -0.1) is 0 Å². The second-order valence-electron chi connectivity index (χ2n) is 4.67. The van der Waals surface area contributed by atoms with E-state index in [4.69, 9.17) is 16.3 Å². The second kappa shape index (κ2) is 5.55. The van der Waals surface area contributed by atoms with E-state index >= 15 is 0 Å². The van der Waals surface area contributed by atoms with E-state index in [1.165, 1.54) is 0 Å². The fourth-order valence-corrected chi connectivity index (χ4v) is 2.56. The van der Waals surface area contributed by atoms with E-state index in [-0.39, 0.29) is 12.5 Å². The average Bonchev–Trinajstić information content (AvgIpc) is 2.89. The minimum Gasteiger partial charge on any atom is -0.484 e. The number of carbonyl (C=O) groups is 1. The van der Waals surface area contributed by atoms with Crippen LogP contribution in [0.25, 0.3) is 0 Å². The van der Waals surface area contributed by atoms with Crippen molar-refractivity contribution in [2.45, 2.75) is 6.42 Å². The van der Waals surface area contributed by atoms with Gasteiger partial charge in [-0.25, -0.2) is 0 Å². The maximum atomic E-state index is 12.2. The predicted octanol–water partition coefficient (Wildman–Crippen LogP) is 3.31. The molecule has 102 valence electrons. The highest BCUT2D eigenvalue weighted by atomic mass is 35.5. The zero-order valence-electron chi connectivity index (χ0n) is 10.9. The van der Waals surface area contributed by atoms with Crippen molar-refractivity contribution in [2.24, 2.45) is 0 Å². The van der Waals surface area contributed by atoms with Crippen LogP contribution in [0.3, 0.4) is 0 Å².